The molecule has 6 heteroatoms. The summed E-state index contributed by atoms with van der Waals surface area (Å²) in [7, 11) is -3.76. The van der Waals surface area contributed by atoms with E-state index in [4.69, 9.17) is 0 Å². The molecule has 0 spiro atoms. The van der Waals surface area contributed by atoms with E-state index in [9.17, 15) is 13.2 Å². The van der Waals surface area contributed by atoms with Crippen LogP contribution in [0.5, 0.6) is 0 Å². The van der Waals surface area contributed by atoms with Gasteiger partial charge in [-0.15, -0.1) is 0 Å². The van der Waals surface area contributed by atoms with E-state index in [2.05, 4.69) is 9.71 Å². The summed E-state index contributed by atoms with van der Waals surface area (Å²) in [6.45, 7) is 4.61. The number of pyridine rings is 1. The summed E-state index contributed by atoms with van der Waals surface area (Å²) >= 11 is 0. The largest absolute Gasteiger partial charge is 0.268 e. The highest BCUT2D eigenvalue weighted by Gasteiger charge is 2.31. The van der Waals surface area contributed by atoms with E-state index in [-0.39, 0.29) is 0 Å². The van der Waals surface area contributed by atoms with Gasteiger partial charge in [-0.25, -0.2) is 13.1 Å². The third-order valence-corrected chi connectivity index (χ3v) is 5.24. The van der Waals surface area contributed by atoms with Gasteiger partial charge in [-0.05, 0) is 38.5 Å². The first-order chi connectivity index (χ1) is 10.2. The molecule has 1 heterocycles. The second kappa shape index (κ2) is 5.88. The molecule has 0 atom stereocenters. The number of benzene rings is 1. The van der Waals surface area contributed by atoms with Crippen molar-refractivity contribution in [2.24, 2.45) is 0 Å². The lowest BCUT2D eigenvalue weighted by atomic mass is 10.0. The van der Waals surface area contributed by atoms with Crippen LogP contribution < -0.4 is 4.72 Å². The van der Waals surface area contributed by atoms with E-state index in [0.717, 1.165) is 5.56 Å². The van der Waals surface area contributed by atoms with E-state index in [0.29, 0.717) is 11.1 Å². The number of sulfonamides is 1. The molecule has 2 rings (SSSR count). The Hall–Kier alpha value is -2.21. The van der Waals surface area contributed by atoms with Crippen molar-refractivity contribution < 1.29 is 13.2 Å². The highest BCUT2D eigenvalue weighted by Crippen LogP contribution is 2.23. The molecule has 0 radical (unpaired) electrons. The van der Waals surface area contributed by atoms with Crippen LogP contribution in [0, 0.1) is 0 Å². The van der Waals surface area contributed by atoms with Crippen LogP contribution >= 0.6 is 0 Å². The van der Waals surface area contributed by atoms with Crippen molar-refractivity contribution >= 4 is 15.9 Å². The highest BCUT2D eigenvalue weighted by atomic mass is 32.2. The second-order valence-corrected chi connectivity index (χ2v) is 8.27. The van der Waals surface area contributed by atoms with Crippen LogP contribution in [0.4, 0.5) is 0 Å². The summed E-state index contributed by atoms with van der Waals surface area (Å²) in [5, 5.41) is 0. The first-order valence-corrected chi connectivity index (χ1v) is 8.27. The van der Waals surface area contributed by atoms with Gasteiger partial charge in [0, 0.05) is 23.5 Å². The van der Waals surface area contributed by atoms with Crippen LogP contribution in [0.2, 0.25) is 0 Å². The molecule has 0 bridgehead atoms. The summed E-state index contributed by atoms with van der Waals surface area (Å²) in [5.41, 5.74) is 1.68. The quantitative estimate of drug-likeness (QED) is 0.944. The molecule has 2 aromatic rings. The van der Waals surface area contributed by atoms with Crippen LogP contribution in [-0.4, -0.2) is 24.1 Å². The van der Waals surface area contributed by atoms with Crippen molar-refractivity contribution in [3.63, 3.8) is 0 Å². The van der Waals surface area contributed by atoms with Crippen LogP contribution in [0.1, 0.15) is 31.1 Å². The predicted octanol–water partition coefficient (Wildman–Crippen LogP) is 2.61. The number of aromatic nitrogens is 1. The van der Waals surface area contributed by atoms with Gasteiger partial charge in [-0.1, -0.05) is 24.3 Å². The number of carbonyl (C=O) groups is 1. The molecule has 0 aliphatic carbocycles. The van der Waals surface area contributed by atoms with Gasteiger partial charge in [0.2, 0.25) is 10.0 Å². The van der Waals surface area contributed by atoms with Crippen molar-refractivity contribution in [1.82, 2.24) is 9.71 Å². The Kier molecular flexibility index (Phi) is 4.32. The molecule has 1 N–H and O–H groups in total. The molecule has 1 aromatic heterocycles. The molecule has 1 aromatic carbocycles. The maximum Gasteiger partial charge on any atom is 0.265 e. The summed E-state index contributed by atoms with van der Waals surface area (Å²) in [4.78, 5) is 16.4. The monoisotopic (exact) mass is 318 g/mol. The van der Waals surface area contributed by atoms with E-state index in [1.165, 1.54) is 20.8 Å². The number of nitrogens with one attached hydrogen (secondary N) is 1. The molecule has 0 aliphatic rings. The summed E-state index contributed by atoms with van der Waals surface area (Å²) < 4.78 is 25.4. The number of rotatable bonds is 3. The smallest absolute Gasteiger partial charge is 0.265 e. The third-order valence-electron chi connectivity index (χ3n) is 3.18. The average Bonchev–Trinajstić information content (AvgIpc) is 2.46. The van der Waals surface area contributed by atoms with Gasteiger partial charge in [-0.3, -0.25) is 9.78 Å². The molecule has 116 valence electrons. The molecule has 0 aliphatic heterocycles. The Morgan fingerprint density at radius 2 is 1.77 bits per heavy atom. The summed E-state index contributed by atoms with van der Waals surface area (Å²) in [6, 6.07) is 10.4. The average molecular weight is 318 g/mol. The topological polar surface area (TPSA) is 76.1 Å². The zero-order valence-electron chi connectivity index (χ0n) is 12.7. The van der Waals surface area contributed by atoms with Crippen molar-refractivity contribution in [1.29, 1.82) is 0 Å². The van der Waals surface area contributed by atoms with Crippen LogP contribution in [-0.2, 0) is 10.0 Å². The zero-order valence-corrected chi connectivity index (χ0v) is 13.5. The minimum absolute atomic E-state index is 0.295. The molecule has 22 heavy (non-hydrogen) atoms. The number of hydrogen-bond acceptors (Lipinski definition) is 4. The first kappa shape index (κ1) is 16.2. The van der Waals surface area contributed by atoms with Crippen LogP contribution in [0.15, 0.2) is 48.8 Å². The molecular formula is C16H18N2O3S. The normalized spacial score (nSPS) is 12.0. The minimum atomic E-state index is -3.76. The third kappa shape index (κ3) is 3.33. The molecule has 0 saturated heterocycles. The minimum Gasteiger partial charge on any atom is -0.268 e. The number of amides is 1. The van der Waals surface area contributed by atoms with E-state index >= 15 is 0 Å². The predicted molar refractivity (Wildman–Crippen MR) is 85.8 cm³/mol. The molecule has 0 unspecified atom stereocenters. The van der Waals surface area contributed by atoms with Crippen molar-refractivity contribution in [3.05, 3.63) is 54.4 Å². The highest BCUT2D eigenvalue weighted by molar-refractivity contribution is 7.91. The number of nitrogens with zero attached hydrogens (tertiary/aromatic N) is 1. The first-order valence-electron chi connectivity index (χ1n) is 6.78. The van der Waals surface area contributed by atoms with Crippen LogP contribution in [0.3, 0.4) is 0 Å². The summed E-state index contributed by atoms with van der Waals surface area (Å²) in [6.07, 6.45) is 3.26. The Morgan fingerprint density at radius 3 is 2.36 bits per heavy atom. The molecule has 1 amide bonds. The number of hydrogen-bond donors (Lipinski definition) is 1. The Bertz CT molecular complexity index is 779. The van der Waals surface area contributed by atoms with Gasteiger partial charge in [0.05, 0.1) is 4.75 Å². The Morgan fingerprint density at radius 1 is 1.09 bits per heavy atom. The van der Waals surface area contributed by atoms with Gasteiger partial charge < -0.3 is 0 Å². The standard InChI is InChI=1S/C16H18N2O3S/c1-16(2,3)22(20,21)18-15(19)14-9-5-4-8-13(14)12-7-6-10-17-11-12/h4-11H,1-3H3,(H,18,19). The zero-order chi connectivity index (χ0) is 16.4. The van der Waals surface area contributed by atoms with Gasteiger partial charge in [0.25, 0.3) is 5.91 Å². The SMILES string of the molecule is CC(C)(C)S(=O)(=O)NC(=O)c1ccccc1-c1cccnc1. The van der Waals surface area contributed by atoms with Gasteiger partial charge in [0.15, 0.2) is 0 Å². The summed E-state index contributed by atoms with van der Waals surface area (Å²) in [5.74, 6) is -0.644. The maximum absolute atomic E-state index is 12.4. The molecule has 0 fully saturated rings. The fraction of sp³-hybridized carbons (Fsp3) is 0.250. The van der Waals surface area contributed by atoms with Crippen molar-refractivity contribution in [2.45, 2.75) is 25.5 Å². The molecule has 0 saturated carbocycles. The van der Waals surface area contributed by atoms with Crippen molar-refractivity contribution in [3.8, 4) is 11.1 Å². The lowest BCUT2D eigenvalue weighted by Crippen LogP contribution is -2.42. The van der Waals surface area contributed by atoms with Crippen LogP contribution in [0.25, 0.3) is 11.1 Å². The maximum atomic E-state index is 12.4. The van der Waals surface area contributed by atoms with Gasteiger partial charge >= 0.3 is 0 Å². The lowest BCUT2D eigenvalue weighted by molar-refractivity contribution is 0.0981. The fourth-order valence-electron chi connectivity index (χ4n) is 1.79. The van der Waals surface area contributed by atoms with Gasteiger partial charge in [-0.2, -0.15) is 0 Å². The lowest BCUT2D eigenvalue weighted by Gasteiger charge is -2.20. The fourth-order valence-corrected chi connectivity index (χ4v) is 2.45. The molecular weight excluding hydrogens is 300 g/mol. The number of carbonyl (C=O) groups excluding carboxylic acids is 1. The molecule has 5 nitrogen and oxygen atoms in total. The Labute approximate surface area is 130 Å². The van der Waals surface area contributed by atoms with Crippen molar-refractivity contribution in [2.75, 3.05) is 0 Å². The van der Waals surface area contributed by atoms with E-state index in [1.807, 2.05) is 6.07 Å². The van der Waals surface area contributed by atoms with E-state index in [1.54, 1.807) is 42.7 Å². The van der Waals surface area contributed by atoms with E-state index < -0.39 is 20.7 Å². The Balaban J connectivity index is 2.41. The second-order valence-electron chi connectivity index (χ2n) is 5.83. The van der Waals surface area contributed by atoms with Gasteiger partial charge in [0.1, 0.15) is 0 Å².